The molecule has 0 N–H and O–H groups in total. The molecule has 0 spiro atoms. The maximum Gasteiger partial charge on any atom is 0.237 e. The highest BCUT2D eigenvalue weighted by atomic mass is 16.2. The standard InChI is InChI=1S/C15H26N4O2/c1-17(2)13(20)10-18(3)11-14(21)19(4)15(12-16)8-6-5-7-9-15/h5-11H2,1-4H3. The van der Waals surface area contributed by atoms with Crippen molar-refractivity contribution in [2.24, 2.45) is 0 Å². The summed E-state index contributed by atoms with van der Waals surface area (Å²) in [5.74, 6) is -0.145. The summed E-state index contributed by atoms with van der Waals surface area (Å²) in [5, 5.41) is 9.49. The lowest BCUT2D eigenvalue weighted by molar-refractivity contribution is -0.137. The summed E-state index contributed by atoms with van der Waals surface area (Å²) >= 11 is 0. The first kappa shape index (κ1) is 17.4. The summed E-state index contributed by atoms with van der Waals surface area (Å²) in [6.45, 7) is 0.353. The Bertz CT molecular complexity index is 422. The number of rotatable bonds is 5. The topological polar surface area (TPSA) is 67.7 Å². The van der Waals surface area contributed by atoms with Crippen LogP contribution in [-0.4, -0.2) is 73.3 Å². The molecule has 1 saturated carbocycles. The van der Waals surface area contributed by atoms with E-state index in [0.717, 1.165) is 32.1 Å². The normalized spacial score (nSPS) is 17.1. The zero-order chi connectivity index (χ0) is 16.0. The molecule has 2 amide bonds. The highest BCUT2D eigenvalue weighted by Gasteiger charge is 2.38. The Morgan fingerprint density at radius 1 is 1.00 bits per heavy atom. The molecule has 0 aromatic rings. The highest BCUT2D eigenvalue weighted by Crippen LogP contribution is 2.32. The van der Waals surface area contributed by atoms with E-state index in [1.165, 1.54) is 4.90 Å². The highest BCUT2D eigenvalue weighted by molar-refractivity contribution is 5.81. The van der Waals surface area contributed by atoms with Gasteiger partial charge in [-0.3, -0.25) is 14.5 Å². The van der Waals surface area contributed by atoms with Gasteiger partial charge in [-0.15, -0.1) is 0 Å². The van der Waals surface area contributed by atoms with Crippen molar-refractivity contribution in [1.82, 2.24) is 14.7 Å². The lowest BCUT2D eigenvalue weighted by atomic mass is 9.81. The van der Waals surface area contributed by atoms with Crippen molar-refractivity contribution in [2.45, 2.75) is 37.6 Å². The third-order valence-corrected chi connectivity index (χ3v) is 4.21. The first-order chi connectivity index (χ1) is 9.82. The molecule has 21 heavy (non-hydrogen) atoms. The summed E-state index contributed by atoms with van der Waals surface area (Å²) in [6, 6.07) is 2.34. The average molecular weight is 294 g/mol. The molecule has 0 unspecified atom stereocenters. The maximum atomic E-state index is 12.4. The van der Waals surface area contributed by atoms with Gasteiger partial charge in [0.25, 0.3) is 0 Å². The first-order valence-electron chi connectivity index (χ1n) is 7.39. The molecule has 1 rings (SSSR count). The minimum absolute atomic E-state index is 0.0411. The van der Waals surface area contributed by atoms with Gasteiger partial charge in [0, 0.05) is 21.1 Å². The molecule has 0 heterocycles. The van der Waals surface area contributed by atoms with Gasteiger partial charge in [-0.2, -0.15) is 5.26 Å². The predicted molar refractivity (Wildman–Crippen MR) is 80.4 cm³/mol. The predicted octanol–water partition coefficient (Wildman–Crippen LogP) is 0.691. The molecule has 0 radical (unpaired) electrons. The zero-order valence-electron chi connectivity index (χ0n) is 13.6. The Morgan fingerprint density at radius 3 is 2.00 bits per heavy atom. The van der Waals surface area contributed by atoms with Gasteiger partial charge in [-0.25, -0.2) is 0 Å². The zero-order valence-corrected chi connectivity index (χ0v) is 13.6. The smallest absolute Gasteiger partial charge is 0.237 e. The van der Waals surface area contributed by atoms with E-state index in [1.54, 1.807) is 38.0 Å². The average Bonchev–Trinajstić information content (AvgIpc) is 2.46. The molecule has 118 valence electrons. The molecule has 1 aliphatic carbocycles. The van der Waals surface area contributed by atoms with Crippen LogP contribution < -0.4 is 0 Å². The van der Waals surface area contributed by atoms with E-state index < -0.39 is 5.54 Å². The molecule has 1 fully saturated rings. The van der Waals surface area contributed by atoms with Crippen LogP contribution >= 0.6 is 0 Å². The number of amides is 2. The van der Waals surface area contributed by atoms with Crippen molar-refractivity contribution in [3.05, 3.63) is 0 Å². The van der Waals surface area contributed by atoms with E-state index in [2.05, 4.69) is 6.07 Å². The molecule has 6 nitrogen and oxygen atoms in total. The first-order valence-corrected chi connectivity index (χ1v) is 7.39. The van der Waals surface area contributed by atoms with Crippen LogP contribution in [-0.2, 0) is 9.59 Å². The van der Waals surface area contributed by atoms with Crippen LogP contribution in [0.3, 0.4) is 0 Å². The van der Waals surface area contributed by atoms with E-state index in [-0.39, 0.29) is 24.9 Å². The molecular weight excluding hydrogens is 268 g/mol. The Labute approximate surface area is 127 Å². The second-order valence-corrected chi connectivity index (χ2v) is 6.12. The number of carbonyl (C=O) groups is 2. The number of nitriles is 1. The summed E-state index contributed by atoms with van der Waals surface area (Å²) < 4.78 is 0. The van der Waals surface area contributed by atoms with E-state index in [1.807, 2.05) is 0 Å². The molecule has 0 aromatic carbocycles. The van der Waals surface area contributed by atoms with E-state index in [9.17, 15) is 14.9 Å². The number of nitrogens with zero attached hydrogens (tertiary/aromatic N) is 4. The van der Waals surface area contributed by atoms with Crippen molar-refractivity contribution >= 4 is 11.8 Å². The molecular formula is C15H26N4O2. The summed E-state index contributed by atoms with van der Waals surface area (Å²) in [6.07, 6.45) is 4.58. The quantitative estimate of drug-likeness (QED) is 0.748. The fraction of sp³-hybridized carbons (Fsp3) is 0.800. The van der Waals surface area contributed by atoms with Gasteiger partial charge in [-0.05, 0) is 19.9 Å². The third kappa shape index (κ3) is 4.43. The van der Waals surface area contributed by atoms with Crippen LogP contribution in [0.5, 0.6) is 0 Å². The van der Waals surface area contributed by atoms with Crippen molar-refractivity contribution in [3.63, 3.8) is 0 Å². The van der Waals surface area contributed by atoms with Crippen LogP contribution in [0, 0.1) is 11.3 Å². The Kier molecular flexibility index (Phi) is 6.16. The number of hydrogen-bond donors (Lipinski definition) is 0. The van der Waals surface area contributed by atoms with E-state index >= 15 is 0 Å². The minimum atomic E-state index is -0.665. The minimum Gasteiger partial charge on any atom is -0.348 e. The van der Waals surface area contributed by atoms with Crippen LogP contribution in [0.2, 0.25) is 0 Å². The Morgan fingerprint density at radius 2 is 1.52 bits per heavy atom. The van der Waals surface area contributed by atoms with Crippen molar-refractivity contribution in [3.8, 4) is 6.07 Å². The van der Waals surface area contributed by atoms with E-state index in [0.29, 0.717) is 0 Å². The SMILES string of the molecule is CN(CC(=O)N(C)C)CC(=O)N(C)C1(C#N)CCCCC1. The second-order valence-electron chi connectivity index (χ2n) is 6.12. The summed E-state index contributed by atoms with van der Waals surface area (Å²) in [5.41, 5.74) is -0.665. The van der Waals surface area contributed by atoms with Gasteiger partial charge < -0.3 is 9.80 Å². The Hall–Kier alpha value is -1.61. The molecule has 0 saturated heterocycles. The van der Waals surface area contributed by atoms with Gasteiger partial charge in [0.2, 0.25) is 11.8 Å². The van der Waals surface area contributed by atoms with Crippen molar-refractivity contribution < 1.29 is 9.59 Å². The molecule has 6 heteroatoms. The van der Waals surface area contributed by atoms with Gasteiger partial charge in [0.1, 0.15) is 5.54 Å². The monoisotopic (exact) mass is 294 g/mol. The van der Waals surface area contributed by atoms with Crippen molar-refractivity contribution in [2.75, 3.05) is 41.3 Å². The van der Waals surface area contributed by atoms with Gasteiger partial charge in [0.05, 0.1) is 19.2 Å². The number of carbonyl (C=O) groups excluding carboxylic acids is 2. The van der Waals surface area contributed by atoms with Gasteiger partial charge in [0.15, 0.2) is 0 Å². The third-order valence-electron chi connectivity index (χ3n) is 4.21. The summed E-state index contributed by atoms with van der Waals surface area (Å²) in [7, 11) is 6.83. The van der Waals surface area contributed by atoms with Gasteiger partial charge >= 0.3 is 0 Å². The lowest BCUT2D eigenvalue weighted by Crippen LogP contribution is -2.52. The van der Waals surface area contributed by atoms with Crippen LogP contribution in [0.15, 0.2) is 0 Å². The van der Waals surface area contributed by atoms with Crippen LogP contribution in [0.4, 0.5) is 0 Å². The lowest BCUT2D eigenvalue weighted by Gasteiger charge is -2.39. The fourth-order valence-electron chi connectivity index (χ4n) is 2.66. The number of hydrogen-bond acceptors (Lipinski definition) is 4. The summed E-state index contributed by atoms with van der Waals surface area (Å²) in [4.78, 5) is 28.8. The van der Waals surface area contributed by atoms with Gasteiger partial charge in [-0.1, -0.05) is 19.3 Å². The second kappa shape index (κ2) is 7.41. The van der Waals surface area contributed by atoms with E-state index in [4.69, 9.17) is 0 Å². The number of likely N-dealkylation sites (N-methyl/N-ethyl adjacent to an activating group) is 3. The molecule has 0 atom stereocenters. The maximum absolute atomic E-state index is 12.4. The molecule has 0 aromatic heterocycles. The molecule has 0 aliphatic heterocycles. The Balaban J connectivity index is 2.61. The fourth-order valence-corrected chi connectivity index (χ4v) is 2.66. The van der Waals surface area contributed by atoms with Crippen molar-refractivity contribution in [1.29, 1.82) is 5.26 Å². The molecule has 1 aliphatic rings. The molecule has 0 bridgehead atoms. The van der Waals surface area contributed by atoms with Crippen LogP contribution in [0.25, 0.3) is 0 Å². The van der Waals surface area contributed by atoms with Crippen LogP contribution in [0.1, 0.15) is 32.1 Å². The largest absolute Gasteiger partial charge is 0.348 e.